The van der Waals surface area contributed by atoms with Gasteiger partial charge < -0.3 is 4.42 Å². The minimum absolute atomic E-state index is 0.627. The Morgan fingerprint density at radius 3 is 1.59 bits per heavy atom. The second kappa shape index (κ2) is 11.9. The van der Waals surface area contributed by atoms with Crippen molar-refractivity contribution in [3.63, 3.8) is 0 Å². The van der Waals surface area contributed by atoms with Gasteiger partial charge in [-0.1, -0.05) is 146 Å². The summed E-state index contributed by atoms with van der Waals surface area (Å²) in [5.74, 6) is 1.90. The quantitative estimate of drug-likeness (QED) is 0.186. The third-order valence-corrected chi connectivity index (χ3v) is 9.71. The van der Waals surface area contributed by atoms with E-state index in [9.17, 15) is 0 Å². The van der Waals surface area contributed by atoms with Gasteiger partial charge in [-0.15, -0.1) is 0 Å². The van der Waals surface area contributed by atoms with Gasteiger partial charge >= 0.3 is 0 Å². The predicted octanol–water partition coefficient (Wildman–Crippen LogP) is 12.4. The Morgan fingerprint density at radius 1 is 0.314 bits per heavy atom. The molecule has 10 aromatic rings. The Labute approximate surface area is 294 Å². The highest BCUT2D eigenvalue weighted by Gasteiger charge is 2.15. The topological polar surface area (TPSA) is 51.8 Å². The minimum atomic E-state index is 0.627. The third-order valence-electron chi connectivity index (χ3n) is 9.71. The van der Waals surface area contributed by atoms with Crippen LogP contribution < -0.4 is 0 Å². The summed E-state index contributed by atoms with van der Waals surface area (Å²) in [5, 5.41) is 7.00. The lowest BCUT2D eigenvalue weighted by atomic mass is 9.97. The molecular weight excluding hydrogens is 623 g/mol. The van der Waals surface area contributed by atoms with Gasteiger partial charge in [-0.3, -0.25) is 0 Å². The molecule has 0 fully saturated rings. The lowest BCUT2D eigenvalue weighted by Crippen LogP contribution is -2.00. The minimum Gasteiger partial charge on any atom is -0.456 e. The van der Waals surface area contributed by atoms with E-state index in [1.54, 1.807) is 0 Å². The monoisotopic (exact) mass is 651 g/mol. The largest absolute Gasteiger partial charge is 0.456 e. The maximum Gasteiger partial charge on any atom is 0.164 e. The molecule has 0 spiro atoms. The van der Waals surface area contributed by atoms with Crippen molar-refractivity contribution in [2.24, 2.45) is 0 Å². The number of hydrogen-bond acceptors (Lipinski definition) is 4. The molecule has 4 heteroatoms. The van der Waals surface area contributed by atoms with Crippen molar-refractivity contribution in [1.82, 2.24) is 15.0 Å². The van der Waals surface area contributed by atoms with Crippen LogP contribution in [0.25, 0.3) is 99.9 Å². The summed E-state index contributed by atoms with van der Waals surface area (Å²) >= 11 is 0. The molecule has 10 rings (SSSR count). The first kappa shape index (κ1) is 29.0. The van der Waals surface area contributed by atoms with Gasteiger partial charge in [0.25, 0.3) is 0 Å². The van der Waals surface area contributed by atoms with Crippen LogP contribution in [0.15, 0.2) is 180 Å². The van der Waals surface area contributed by atoms with Crippen molar-refractivity contribution < 1.29 is 4.42 Å². The average molecular weight is 652 g/mol. The van der Waals surface area contributed by atoms with Crippen molar-refractivity contribution in [3.05, 3.63) is 176 Å². The van der Waals surface area contributed by atoms with Crippen LogP contribution >= 0.6 is 0 Å². The highest BCUT2D eigenvalue weighted by molar-refractivity contribution is 6.12. The maximum atomic E-state index is 6.16. The van der Waals surface area contributed by atoms with Crippen LogP contribution in [0.1, 0.15) is 0 Å². The van der Waals surface area contributed by atoms with Crippen molar-refractivity contribution >= 4 is 43.5 Å². The molecule has 51 heavy (non-hydrogen) atoms. The Kier molecular flexibility index (Phi) is 6.78. The lowest BCUT2D eigenvalue weighted by molar-refractivity contribution is 0.669. The van der Waals surface area contributed by atoms with E-state index in [4.69, 9.17) is 19.4 Å². The Morgan fingerprint density at radius 2 is 0.824 bits per heavy atom. The molecule has 0 aliphatic heterocycles. The van der Waals surface area contributed by atoms with E-state index in [0.29, 0.717) is 17.5 Å². The van der Waals surface area contributed by atoms with Crippen LogP contribution in [-0.4, -0.2) is 15.0 Å². The molecule has 8 aromatic carbocycles. The molecule has 0 aliphatic rings. The lowest BCUT2D eigenvalue weighted by Gasteiger charge is -2.11. The number of aromatic nitrogens is 3. The fourth-order valence-electron chi connectivity index (χ4n) is 7.10. The van der Waals surface area contributed by atoms with E-state index in [1.165, 1.54) is 21.9 Å². The Hall–Kier alpha value is -6.91. The number of rotatable bonds is 5. The molecular formula is C47H29N3O. The summed E-state index contributed by atoms with van der Waals surface area (Å²) in [6.45, 7) is 0. The van der Waals surface area contributed by atoms with Crippen LogP contribution in [0.5, 0.6) is 0 Å². The zero-order valence-corrected chi connectivity index (χ0v) is 27.5. The number of hydrogen-bond donors (Lipinski definition) is 0. The van der Waals surface area contributed by atoms with Gasteiger partial charge in [0.1, 0.15) is 11.2 Å². The standard InChI is InChI=1S/C47H29N3O/c1-2-10-33(11-3-1)45-48-46(34-22-20-32(21-23-34)40-14-8-16-43-44(40)41-13-6-7-15-42(41)51-43)50-47(49-45)38-26-19-31-18-25-37(28-39(31)29-38)36-24-17-30-9-4-5-12-35(30)27-36/h1-29H. The SMILES string of the molecule is c1ccc(-c2nc(-c3ccc(-c4cccc5oc6ccccc6c45)cc3)nc(-c3ccc4ccc(-c5ccc6ccccc6c5)cc4c3)n2)cc1. The number of furan rings is 1. The molecule has 0 aliphatic carbocycles. The summed E-state index contributed by atoms with van der Waals surface area (Å²) in [5.41, 5.74) is 9.17. The summed E-state index contributed by atoms with van der Waals surface area (Å²) in [6.07, 6.45) is 0. The molecule has 0 unspecified atom stereocenters. The third kappa shape index (κ3) is 5.22. The molecule has 0 N–H and O–H groups in total. The zero-order chi connectivity index (χ0) is 33.7. The summed E-state index contributed by atoms with van der Waals surface area (Å²) in [4.78, 5) is 15.1. The Bertz CT molecular complexity index is 2910. The van der Waals surface area contributed by atoms with Crippen LogP contribution in [0, 0.1) is 0 Å². The van der Waals surface area contributed by atoms with Crippen LogP contribution in [0.3, 0.4) is 0 Å². The molecule has 0 bridgehead atoms. The summed E-state index contributed by atoms with van der Waals surface area (Å²) in [6, 6.07) is 61.2. The number of nitrogens with zero attached hydrogens (tertiary/aromatic N) is 3. The first-order chi connectivity index (χ1) is 25.2. The van der Waals surface area contributed by atoms with Crippen LogP contribution in [0.2, 0.25) is 0 Å². The van der Waals surface area contributed by atoms with Crippen molar-refractivity contribution in [3.8, 4) is 56.4 Å². The number of benzene rings is 8. The smallest absolute Gasteiger partial charge is 0.164 e. The highest BCUT2D eigenvalue weighted by atomic mass is 16.3. The maximum absolute atomic E-state index is 6.16. The molecule has 2 aromatic heterocycles. The van der Waals surface area contributed by atoms with E-state index >= 15 is 0 Å². The fourth-order valence-corrected chi connectivity index (χ4v) is 7.10. The highest BCUT2D eigenvalue weighted by Crippen LogP contribution is 2.37. The molecule has 0 radical (unpaired) electrons. The zero-order valence-electron chi connectivity index (χ0n) is 27.5. The molecule has 0 saturated heterocycles. The summed E-state index contributed by atoms with van der Waals surface area (Å²) < 4.78 is 6.16. The molecule has 0 amide bonds. The van der Waals surface area contributed by atoms with Gasteiger partial charge in [0.15, 0.2) is 17.5 Å². The number of para-hydroxylation sites is 1. The normalized spacial score (nSPS) is 11.5. The molecule has 0 atom stereocenters. The van der Waals surface area contributed by atoms with E-state index < -0.39 is 0 Å². The predicted molar refractivity (Wildman–Crippen MR) is 209 cm³/mol. The van der Waals surface area contributed by atoms with E-state index in [1.807, 2.05) is 54.6 Å². The molecule has 4 nitrogen and oxygen atoms in total. The number of fused-ring (bicyclic) bond motifs is 5. The van der Waals surface area contributed by atoms with Gasteiger partial charge in [0.2, 0.25) is 0 Å². The van der Waals surface area contributed by atoms with E-state index in [2.05, 4.69) is 121 Å². The van der Waals surface area contributed by atoms with Crippen molar-refractivity contribution in [2.75, 3.05) is 0 Å². The average Bonchev–Trinajstić information content (AvgIpc) is 3.59. The van der Waals surface area contributed by atoms with E-state index in [-0.39, 0.29) is 0 Å². The van der Waals surface area contributed by atoms with Crippen molar-refractivity contribution in [2.45, 2.75) is 0 Å². The van der Waals surface area contributed by atoms with Crippen LogP contribution in [-0.2, 0) is 0 Å². The fraction of sp³-hybridized carbons (Fsp3) is 0. The van der Waals surface area contributed by atoms with Gasteiger partial charge in [-0.25, -0.2) is 15.0 Å². The summed E-state index contributed by atoms with van der Waals surface area (Å²) in [7, 11) is 0. The first-order valence-corrected chi connectivity index (χ1v) is 17.1. The molecule has 238 valence electrons. The van der Waals surface area contributed by atoms with Gasteiger partial charge in [0, 0.05) is 27.5 Å². The van der Waals surface area contributed by atoms with Gasteiger partial charge in [-0.2, -0.15) is 0 Å². The Balaban J connectivity index is 1.06. The van der Waals surface area contributed by atoms with Crippen LogP contribution in [0.4, 0.5) is 0 Å². The molecule has 2 heterocycles. The van der Waals surface area contributed by atoms with Gasteiger partial charge in [0.05, 0.1) is 0 Å². The van der Waals surface area contributed by atoms with Gasteiger partial charge in [-0.05, 0) is 74.1 Å². The first-order valence-electron chi connectivity index (χ1n) is 17.1. The van der Waals surface area contributed by atoms with Crippen molar-refractivity contribution in [1.29, 1.82) is 0 Å². The van der Waals surface area contributed by atoms with E-state index in [0.717, 1.165) is 60.5 Å². The second-order valence-corrected chi connectivity index (χ2v) is 12.9. The second-order valence-electron chi connectivity index (χ2n) is 12.9. The molecule has 0 saturated carbocycles.